The van der Waals surface area contributed by atoms with Crippen LogP contribution < -0.4 is 0 Å². The van der Waals surface area contributed by atoms with Crippen molar-refractivity contribution in [3.05, 3.63) is 11.6 Å². The highest BCUT2D eigenvalue weighted by atomic mass is 16.5. The fourth-order valence-electron chi connectivity index (χ4n) is 6.26. The van der Waals surface area contributed by atoms with Crippen LogP contribution in [-0.4, -0.2) is 51.0 Å². The summed E-state index contributed by atoms with van der Waals surface area (Å²) in [5.41, 5.74) is -1.76. The van der Waals surface area contributed by atoms with E-state index in [0.717, 1.165) is 12.0 Å². The Bertz CT molecular complexity index is 708. The Morgan fingerprint density at radius 2 is 1.90 bits per heavy atom. The molecule has 1 spiro atoms. The predicted octanol–water partition coefficient (Wildman–Crippen LogP) is 2.53. The zero-order chi connectivity index (χ0) is 21.8. The molecule has 0 saturated heterocycles. The molecule has 3 aliphatic rings. The Balaban J connectivity index is 2.13. The first kappa shape index (κ1) is 22.4. The van der Waals surface area contributed by atoms with Crippen molar-refractivity contribution in [1.82, 2.24) is 0 Å². The number of carbonyl (C=O) groups excluding carboxylic acids is 2. The number of Topliss-reactive ketones (excluding diaryl/α,β-unsaturated/α-hetero) is 1. The topological polar surface area (TPSA) is 104 Å². The molecule has 0 aromatic carbocycles. The number of allylic oxidation sites excluding steroid dienone is 1. The van der Waals surface area contributed by atoms with Crippen molar-refractivity contribution < 1.29 is 29.6 Å². The van der Waals surface area contributed by atoms with Gasteiger partial charge in [0.15, 0.2) is 5.78 Å². The maximum absolute atomic E-state index is 13.1. The predicted molar refractivity (Wildman–Crippen MR) is 108 cm³/mol. The lowest BCUT2D eigenvalue weighted by Crippen LogP contribution is -2.52. The number of esters is 1. The Labute approximate surface area is 173 Å². The molecule has 164 valence electrons. The molecule has 2 saturated carbocycles. The third-order valence-electron chi connectivity index (χ3n) is 7.98. The fraction of sp³-hybridized carbons (Fsp3) is 0.826. The normalized spacial score (nSPS) is 44.6. The second kappa shape index (κ2) is 7.47. The second-order valence-electron chi connectivity index (χ2n) is 10.3. The van der Waals surface area contributed by atoms with Gasteiger partial charge in [0, 0.05) is 17.8 Å². The van der Waals surface area contributed by atoms with E-state index in [4.69, 9.17) is 4.74 Å². The van der Waals surface area contributed by atoms with Gasteiger partial charge >= 0.3 is 5.97 Å². The highest BCUT2D eigenvalue weighted by Gasteiger charge is 2.66. The van der Waals surface area contributed by atoms with Crippen LogP contribution in [0.1, 0.15) is 73.1 Å². The number of aliphatic hydroxyl groups is 3. The maximum atomic E-state index is 13.1. The van der Waals surface area contributed by atoms with Crippen LogP contribution in [0.4, 0.5) is 0 Å². The van der Waals surface area contributed by atoms with E-state index in [9.17, 15) is 24.9 Å². The quantitative estimate of drug-likeness (QED) is 0.479. The van der Waals surface area contributed by atoms with Crippen LogP contribution in [0.5, 0.6) is 0 Å². The van der Waals surface area contributed by atoms with Crippen LogP contribution in [0.25, 0.3) is 0 Å². The maximum Gasteiger partial charge on any atom is 0.305 e. The minimum atomic E-state index is -1.29. The number of fused-ring (bicyclic) bond motifs is 1. The standard InChI is InChI=1S/C23H36O6/c1-6-18(26)29-20-15-9-8-14-13(2)7-10-17(25)21(3,4)19(27)16(24)11-23(14,20)12-22(15,5)28/h7,14-17,20,24-25,28H,6,8-12H2,1-5H3. The van der Waals surface area contributed by atoms with Crippen LogP contribution in [-0.2, 0) is 14.3 Å². The van der Waals surface area contributed by atoms with Crippen molar-refractivity contribution in [2.75, 3.05) is 0 Å². The van der Waals surface area contributed by atoms with Gasteiger partial charge in [-0.2, -0.15) is 0 Å². The molecule has 0 radical (unpaired) electrons. The van der Waals surface area contributed by atoms with Crippen LogP contribution in [0.2, 0.25) is 0 Å². The lowest BCUT2D eigenvalue weighted by molar-refractivity contribution is -0.169. The summed E-state index contributed by atoms with van der Waals surface area (Å²) >= 11 is 0. The molecule has 3 rings (SSSR count). The summed E-state index contributed by atoms with van der Waals surface area (Å²) < 4.78 is 5.90. The van der Waals surface area contributed by atoms with Crippen LogP contribution >= 0.6 is 0 Å². The molecule has 7 unspecified atom stereocenters. The van der Waals surface area contributed by atoms with E-state index in [0.29, 0.717) is 19.3 Å². The molecule has 0 aliphatic heterocycles. The lowest BCUT2D eigenvalue weighted by Gasteiger charge is -2.48. The molecule has 0 aromatic rings. The lowest BCUT2D eigenvalue weighted by atomic mass is 9.59. The number of hydrogen-bond donors (Lipinski definition) is 3. The minimum absolute atomic E-state index is 0.0294. The zero-order valence-electron chi connectivity index (χ0n) is 18.3. The van der Waals surface area contributed by atoms with Crippen LogP contribution in [0, 0.1) is 22.7 Å². The summed E-state index contributed by atoms with van der Waals surface area (Å²) in [7, 11) is 0. The number of hydrogen-bond acceptors (Lipinski definition) is 6. The summed E-state index contributed by atoms with van der Waals surface area (Å²) in [5.74, 6) is -0.975. The molecular weight excluding hydrogens is 372 g/mol. The number of ketones is 1. The first-order chi connectivity index (χ1) is 13.4. The van der Waals surface area contributed by atoms with Gasteiger partial charge in [-0.15, -0.1) is 0 Å². The largest absolute Gasteiger partial charge is 0.461 e. The molecule has 0 heterocycles. The van der Waals surface area contributed by atoms with E-state index in [-0.39, 0.29) is 30.6 Å². The highest BCUT2D eigenvalue weighted by Crippen LogP contribution is 2.63. The summed E-state index contributed by atoms with van der Waals surface area (Å²) in [6.45, 7) is 8.84. The Hall–Kier alpha value is -1.24. The van der Waals surface area contributed by atoms with Crippen molar-refractivity contribution in [3.63, 3.8) is 0 Å². The van der Waals surface area contributed by atoms with Gasteiger partial charge in [0.1, 0.15) is 12.2 Å². The average molecular weight is 409 g/mol. The minimum Gasteiger partial charge on any atom is -0.461 e. The molecule has 7 atom stereocenters. The van der Waals surface area contributed by atoms with E-state index in [1.165, 1.54) is 0 Å². The monoisotopic (exact) mass is 408 g/mol. The first-order valence-corrected chi connectivity index (χ1v) is 10.9. The van der Waals surface area contributed by atoms with Crippen molar-refractivity contribution >= 4 is 11.8 Å². The average Bonchev–Trinajstić information content (AvgIpc) is 2.76. The molecular formula is C23H36O6. The van der Waals surface area contributed by atoms with E-state index >= 15 is 0 Å². The third kappa shape index (κ3) is 3.57. The summed E-state index contributed by atoms with van der Waals surface area (Å²) in [5, 5.41) is 32.8. The molecule has 3 N–H and O–H groups in total. The van der Waals surface area contributed by atoms with Gasteiger partial charge < -0.3 is 20.1 Å². The summed E-state index contributed by atoms with van der Waals surface area (Å²) in [6, 6.07) is 0. The molecule has 3 aliphatic carbocycles. The van der Waals surface area contributed by atoms with Gasteiger partial charge in [-0.05, 0) is 51.9 Å². The Kier molecular flexibility index (Phi) is 5.78. The summed E-state index contributed by atoms with van der Waals surface area (Å²) in [6.07, 6.45) is 1.83. The Morgan fingerprint density at radius 3 is 2.52 bits per heavy atom. The molecule has 6 heteroatoms. The number of ether oxygens (including phenoxy) is 1. The molecule has 0 aromatic heterocycles. The van der Waals surface area contributed by atoms with Gasteiger partial charge in [0.05, 0.1) is 17.1 Å². The van der Waals surface area contributed by atoms with Gasteiger partial charge in [-0.3, -0.25) is 9.59 Å². The SMILES string of the molecule is CCC(=O)OC1C2CCC3C(C)=CCC(O)C(C)(C)C(=O)C(O)CC31CC2(C)O. The van der Waals surface area contributed by atoms with Gasteiger partial charge in [-0.25, -0.2) is 0 Å². The molecule has 2 fully saturated rings. The van der Waals surface area contributed by atoms with E-state index in [1.807, 2.05) is 13.0 Å². The number of carbonyl (C=O) groups is 2. The summed E-state index contributed by atoms with van der Waals surface area (Å²) in [4.78, 5) is 25.3. The molecule has 0 amide bonds. The van der Waals surface area contributed by atoms with Gasteiger partial charge in [0.2, 0.25) is 0 Å². The molecule has 6 nitrogen and oxygen atoms in total. The smallest absolute Gasteiger partial charge is 0.305 e. The first-order valence-electron chi connectivity index (χ1n) is 10.9. The highest BCUT2D eigenvalue weighted by molar-refractivity contribution is 5.88. The van der Waals surface area contributed by atoms with E-state index < -0.39 is 40.5 Å². The third-order valence-corrected chi connectivity index (χ3v) is 7.98. The van der Waals surface area contributed by atoms with E-state index in [2.05, 4.69) is 0 Å². The number of rotatable bonds is 2. The van der Waals surface area contributed by atoms with Gasteiger partial charge in [-0.1, -0.05) is 32.4 Å². The van der Waals surface area contributed by atoms with Crippen molar-refractivity contribution in [1.29, 1.82) is 0 Å². The van der Waals surface area contributed by atoms with Crippen molar-refractivity contribution in [2.45, 2.75) is 97.1 Å². The second-order valence-corrected chi connectivity index (χ2v) is 10.3. The zero-order valence-corrected chi connectivity index (χ0v) is 18.3. The van der Waals surface area contributed by atoms with E-state index in [1.54, 1.807) is 27.7 Å². The fourth-order valence-corrected chi connectivity index (χ4v) is 6.26. The van der Waals surface area contributed by atoms with Crippen molar-refractivity contribution in [2.24, 2.45) is 22.7 Å². The van der Waals surface area contributed by atoms with Crippen LogP contribution in [0.3, 0.4) is 0 Å². The molecule has 2 bridgehead atoms. The number of aliphatic hydroxyl groups excluding tert-OH is 2. The molecule has 29 heavy (non-hydrogen) atoms. The van der Waals surface area contributed by atoms with Gasteiger partial charge in [0.25, 0.3) is 0 Å². The van der Waals surface area contributed by atoms with Crippen LogP contribution in [0.15, 0.2) is 11.6 Å². The van der Waals surface area contributed by atoms with Crippen molar-refractivity contribution in [3.8, 4) is 0 Å². The Morgan fingerprint density at radius 1 is 1.24 bits per heavy atom.